The zero-order valence-electron chi connectivity index (χ0n) is 11.6. The Morgan fingerprint density at radius 1 is 1.38 bits per heavy atom. The topological polar surface area (TPSA) is 20.2 Å². The first-order valence-corrected chi connectivity index (χ1v) is 7.15. The summed E-state index contributed by atoms with van der Waals surface area (Å²) in [5.74, 6) is 1.74. The largest absolute Gasteiger partial charge is 0.393 e. The van der Waals surface area contributed by atoms with Crippen molar-refractivity contribution in [2.75, 3.05) is 0 Å². The van der Waals surface area contributed by atoms with Gasteiger partial charge in [-0.15, -0.1) is 0 Å². The summed E-state index contributed by atoms with van der Waals surface area (Å²) in [5.41, 5.74) is 0.523. The van der Waals surface area contributed by atoms with Crippen LogP contribution in [0.3, 0.4) is 0 Å². The van der Waals surface area contributed by atoms with Crippen molar-refractivity contribution in [3.05, 3.63) is 0 Å². The van der Waals surface area contributed by atoms with E-state index in [1.807, 2.05) is 0 Å². The van der Waals surface area contributed by atoms with E-state index in [0.717, 1.165) is 24.7 Å². The van der Waals surface area contributed by atoms with Gasteiger partial charge in [-0.25, -0.2) is 0 Å². The monoisotopic (exact) mass is 226 g/mol. The predicted octanol–water partition coefficient (Wildman–Crippen LogP) is 4.39. The highest BCUT2D eigenvalue weighted by molar-refractivity contribution is 4.86. The molecule has 0 amide bonds. The van der Waals surface area contributed by atoms with Gasteiger partial charge in [0.1, 0.15) is 0 Å². The Hall–Kier alpha value is -0.0400. The quantitative estimate of drug-likeness (QED) is 0.737. The second kappa shape index (κ2) is 6.05. The maximum atomic E-state index is 9.58. The minimum atomic E-state index is -0.0676. The fraction of sp³-hybridized carbons (Fsp3) is 1.00. The standard InChI is InChI=1S/C15H30O/c1-5-13(16)9-6-10-14-12(2)8-7-11-15(14,3)4/h12-14,16H,5-11H2,1-4H3. The van der Waals surface area contributed by atoms with Crippen molar-refractivity contribution in [1.82, 2.24) is 0 Å². The molecule has 0 heterocycles. The van der Waals surface area contributed by atoms with Crippen LogP contribution in [0.2, 0.25) is 0 Å². The molecule has 0 aromatic rings. The van der Waals surface area contributed by atoms with Crippen molar-refractivity contribution in [2.24, 2.45) is 17.3 Å². The van der Waals surface area contributed by atoms with Crippen LogP contribution >= 0.6 is 0 Å². The fourth-order valence-corrected chi connectivity index (χ4v) is 3.49. The van der Waals surface area contributed by atoms with Gasteiger partial charge in [0.05, 0.1) is 6.10 Å². The second-order valence-corrected chi connectivity index (χ2v) is 6.46. The van der Waals surface area contributed by atoms with Crippen LogP contribution in [0.5, 0.6) is 0 Å². The van der Waals surface area contributed by atoms with Gasteiger partial charge in [0, 0.05) is 0 Å². The van der Waals surface area contributed by atoms with E-state index in [2.05, 4.69) is 27.7 Å². The maximum absolute atomic E-state index is 9.58. The average Bonchev–Trinajstić information content (AvgIpc) is 2.21. The number of hydrogen-bond acceptors (Lipinski definition) is 1. The van der Waals surface area contributed by atoms with E-state index in [0.29, 0.717) is 5.41 Å². The van der Waals surface area contributed by atoms with Crippen molar-refractivity contribution < 1.29 is 5.11 Å². The van der Waals surface area contributed by atoms with Crippen LogP contribution in [-0.2, 0) is 0 Å². The van der Waals surface area contributed by atoms with Crippen molar-refractivity contribution >= 4 is 0 Å². The van der Waals surface area contributed by atoms with Gasteiger partial charge in [-0.3, -0.25) is 0 Å². The molecule has 0 radical (unpaired) electrons. The SMILES string of the molecule is CCC(O)CCCC1C(C)CCCC1(C)C. The predicted molar refractivity (Wildman–Crippen MR) is 70.4 cm³/mol. The molecule has 3 atom stereocenters. The molecule has 1 aliphatic rings. The van der Waals surface area contributed by atoms with Gasteiger partial charge >= 0.3 is 0 Å². The van der Waals surface area contributed by atoms with Gasteiger partial charge in [0.15, 0.2) is 0 Å². The van der Waals surface area contributed by atoms with E-state index in [9.17, 15) is 5.11 Å². The Labute approximate surface area is 102 Å². The molecule has 1 rings (SSSR count). The zero-order chi connectivity index (χ0) is 12.2. The first kappa shape index (κ1) is 14.0. The molecule has 0 aromatic carbocycles. The molecular weight excluding hydrogens is 196 g/mol. The highest BCUT2D eigenvalue weighted by atomic mass is 16.3. The molecule has 0 bridgehead atoms. The third-order valence-electron chi connectivity index (χ3n) is 4.69. The van der Waals surface area contributed by atoms with Gasteiger partial charge in [-0.2, -0.15) is 0 Å². The van der Waals surface area contributed by atoms with Crippen LogP contribution in [0.15, 0.2) is 0 Å². The summed E-state index contributed by atoms with van der Waals surface area (Å²) in [6, 6.07) is 0. The van der Waals surface area contributed by atoms with E-state index >= 15 is 0 Å². The van der Waals surface area contributed by atoms with E-state index in [1.54, 1.807) is 0 Å². The van der Waals surface area contributed by atoms with Crippen molar-refractivity contribution in [3.8, 4) is 0 Å². The molecule has 96 valence electrons. The van der Waals surface area contributed by atoms with Crippen molar-refractivity contribution in [2.45, 2.75) is 78.7 Å². The highest BCUT2D eigenvalue weighted by Gasteiger charge is 2.35. The van der Waals surface area contributed by atoms with E-state index < -0.39 is 0 Å². The van der Waals surface area contributed by atoms with Gasteiger partial charge < -0.3 is 5.11 Å². The molecular formula is C15H30O. The summed E-state index contributed by atoms with van der Waals surface area (Å²) < 4.78 is 0. The third kappa shape index (κ3) is 3.76. The molecule has 1 nitrogen and oxygen atoms in total. The van der Waals surface area contributed by atoms with E-state index in [-0.39, 0.29) is 6.10 Å². The molecule has 0 spiro atoms. The van der Waals surface area contributed by atoms with Crippen LogP contribution in [0.1, 0.15) is 72.6 Å². The summed E-state index contributed by atoms with van der Waals surface area (Å²) in [5, 5.41) is 9.58. The van der Waals surface area contributed by atoms with Gasteiger partial charge in [0.2, 0.25) is 0 Å². The Kier molecular flexibility index (Phi) is 5.30. The first-order chi connectivity index (χ1) is 7.47. The van der Waals surface area contributed by atoms with Crippen LogP contribution in [0, 0.1) is 17.3 Å². The molecule has 1 fully saturated rings. The minimum absolute atomic E-state index is 0.0676. The summed E-state index contributed by atoms with van der Waals surface area (Å²) in [4.78, 5) is 0. The van der Waals surface area contributed by atoms with Crippen LogP contribution in [0.25, 0.3) is 0 Å². The number of rotatable bonds is 5. The summed E-state index contributed by atoms with van der Waals surface area (Å²) in [6.45, 7) is 9.35. The lowest BCUT2D eigenvalue weighted by atomic mass is 9.62. The van der Waals surface area contributed by atoms with Crippen molar-refractivity contribution in [3.63, 3.8) is 0 Å². The number of aliphatic hydroxyl groups excluding tert-OH is 1. The number of aliphatic hydroxyl groups is 1. The average molecular weight is 226 g/mol. The zero-order valence-corrected chi connectivity index (χ0v) is 11.6. The molecule has 1 heteroatoms. The number of hydrogen-bond donors (Lipinski definition) is 1. The maximum Gasteiger partial charge on any atom is 0.0537 e. The second-order valence-electron chi connectivity index (χ2n) is 6.46. The van der Waals surface area contributed by atoms with Gasteiger partial charge in [-0.05, 0) is 42.9 Å². The van der Waals surface area contributed by atoms with Gasteiger partial charge in [0.25, 0.3) is 0 Å². The first-order valence-electron chi connectivity index (χ1n) is 7.15. The summed E-state index contributed by atoms with van der Waals surface area (Å²) in [7, 11) is 0. The molecule has 16 heavy (non-hydrogen) atoms. The lowest BCUT2D eigenvalue weighted by Crippen LogP contribution is -2.33. The molecule has 1 saturated carbocycles. The molecule has 0 aromatic heterocycles. The molecule has 3 unspecified atom stereocenters. The molecule has 1 aliphatic carbocycles. The van der Waals surface area contributed by atoms with Crippen molar-refractivity contribution in [1.29, 1.82) is 0 Å². The Balaban J connectivity index is 2.38. The van der Waals surface area contributed by atoms with E-state index in [4.69, 9.17) is 0 Å². The molecule has 0 saturated heterocycles. The van der Waals surface area contributed by atoms with Crippen LogP contribution < -0.4 is 0 Å². The fourth-order valence-electron chi connectivity index (χ4n) is 3.49. The smallest absolute Gasteiger partial charge is 0.0537 e. The molecule has 0 aliphatic heterocycles. The Bertz CT molecular complexity index is 198. The summed E-state index contributed by atoms with van der Waals surface area (Å²) >= 11 is 0. The summed E-state index contributed by atoms with van der Waals surface area (Å²) in [6.07, 6.45) is 8.55. The van der Waals surface area contributed by atoms with Crippen LogP contribution in [-0.4, -0.2) is 11.2 Å². The van der Waals surface area contributed by atoms with Gasteiger partial charge in [-0.1, -0.05) is 47.0 Å². The normalized spacial score (nSPS) is 31.3. The van der Waals surface area contributed by atoms with E-state index in [1.165, 1.54) is 32.1 Å². The minimum Gasteiger partial charge on any atom is -0.393 e. The Morgan fingerprint density at radius 2 is 2.06 bits per heavy atom. The molecule has 1 N–H and O–H groups in total. The highest BCUT2D eigenvalue weighted by Crippen LogP contribution is 2.46. The Morgan fingerprint density at radius 3 is 2.62 bits per heavy atom. The lowest BCUT2D eigenvalue weighted by Gasteiger charge is -2.43. The third-order valence-corrected chi connectivity index (χ3v) is 4.69. The van der Waals surface area contributed by atoms with Crippen LogP contribution in [0.4, 0.5) is 0 Å². The lowest BCUT2D eigenvalue weighted by molar-refractivity contribution is 0.0683.